The summed E-state index contributed by atoms with van der Waals surface area (Å²) in [5, 5.41) is 9.30. The lowest BCUT2D eigenvalue weighted by atomic mass is 10.0. The third-order valence-corrected chi connectivity index (χ3v) is 3.93. The van der Waals surface area contributed by atoms with Crippen LogP contribution in [0.25, 0.3) is 11.1 Å². The molecule has 2 aromatic carbocycles. The molecule has 0 spiro atoms. The van der Waals surface area contributed by atoms with Gasteiger partial charge in [-0.15, -0.1) is 0 Å². The van der Waals surface area contributed by atoms with Crippen LogP contribution in [0.5, 0.6) is 5.75 Å². The summed E-state index contributed by atoms with van der Waals surface area (Å²) in [5.74, 6) is 0.398. The van der Waals surface area contributed by atoms with E-state index in [1.54, 1.807) is 24.3 Å². The van der Waals surface area contributed by atoms with Crippen LogP contribution in [0.3, 0.4) is 0 Å². The molecule has 0 aromatic heterocycles. The van der Waals surface area contributed by atoms with Gasteiger partial charge in [0.1, 0.15) is 5.75 Å². The average Bonchev–Trinajstić information content (AvgIpc) is 2.56. The summed E-state index contributed by atoms with van der Waals surface area (Å²) in [6, 6.07) is 14.3. The first-order valence-electron chi connectivity index (χ1n) is 7.70. The molecule has 22 heavy (non-hydrogen) atoms. The summed E-state index contributed by atoms with van der Waals surface area (Å²) in [4.78, 5) is 12.0. The number of phenolic OH excluding ortho intramolecular Hbond substituents is 1. The molecule has 0 atom stereocenters. The number of phenols is 1. The normalized spacial score (nSPS) is 10.7. The molecule has 0 saturated heterocycles. The van der Waals surface area contributed by atoms with E-state index in [1.807, 2.05) is 24.3 Å². The van der Waals surface area contributed by atoms with Crippen LogP contribution in [-0.2, 0) is 4.74 Å². The molecule has 2 rings (SSSR count). The molecule has 0 fully saturated rings. The van der Waals surface area contributed by atoms with Crippen LogP contribution in [-0.4, -0.2) is 17.7 Å². The van der Waals surface area contributed by atoms with Gasteiger partial charge >= 0.3 is 5.97 Å². The van der Waals surface area contributed by atoms with Crippen LogP contribution in [0.15, 0.2) is 48.5 Å². The maximum Gasteiger partial charge on any atom is 0.338 e. The number of esters is 1. The van der Waals surface area contributed by atoms with E-state index in [-0.39, 0.29) is 11.7 Å². The number of ether oxygens (including phenoxy) is 1. The number of aromatic hydroxyl groups is 1. The van der Waals surface area contributed by atoms with Crippen molar-refractivity contribution < 1.29 is 14.6 Å². The quantitative estimate of drug-likeness (QED) is 0.789. The van der Waals surface area contributed by atoms with E-state index in [9.17, 15) is 9.90 Å². The van der Waals surface area contributed by atoms with Gasteiger partial charge in [-0.2, -0.15) is 0 Å². The molecule has 0 aliphatic carbocycles. The van der Waals surface area contributed by atoms with Crippen LogP contribution < -0.4 is 0 Å². The summed E-state index contributed by atoms with van der Waals surface area (Å²) in [5.41, 5.74) is 2.56. The molecular formula is C19H22O3. The van der Waals surface area contributed by atoms with Gasteiger partial charge in [-0.1, -0.05) is 51.0 Å². The summed E-state index contributed by atoms with van der Waals surface area (Å²) >= 11 is 0. The highest BCUT2D eigenvalue weighted by Crippen LogP contribution is 2.22. The maximum absolute atomic E-state index is 12.0. The number of carbonyl (C=O) groups excluding carboxylic acids is 1. The molecule has 0 radical (unpaired) electrons. The van der Waals surface area contributed by atoms with E-state index in [1.165, 1.54) is 0 Å². The molecule has 1 N–H and O–H groups in total. The summed E-state index contributed by atoms with van der Waals surface area (Å²) in [6.07, 6.45) is 2.03. The number of carbonyl (C=O) groups is 1. The second kappa shape index (κ2) is 7.64. The minimum absolute atomic E-state index is 0.241. The van der Waals surface area contributed by atoms with Gasteiger partial charge in [0.15, 0.2) is 0 Å². The molecule has 2 aromatic rings. The third kappa shape index (κ3) is 4.10. The molecule has 0 aliphatic rings. The second-order valence-corrected chi connectivity index (χ2v) is 5.41. The maximum atomic E-state index is 12.0. The molecular weight excluding hydrogens is 276 g/mol. The topological polar surface area (TPSA) is 46.5 Å². The van der Waals surface area contributed by atoms with E-state index < -0.39 is 0 Å². The van der Waals surface area contributed by atoms with Crippen molar-refractivity contribution in [1.29, 1.82) is 0 Å². The van der Waals surface area contributed by atoms with Crippen LogP contribution in [0.4, 0.5) is 0 Å². The fourth-order valence-electron chi connectivity index (χ4n) is 2.25. The predicted molar refractivity (Wildman–Crippen MR) is 87.9 cm³/mol. The van der Waals surface area contributed by atoms with Gasteiger partial charge in [-0.3, -0.25) is 0 Å². The SMILES string of the molecule is CCC(CC)COC(=O)c1ccc(-c2ccc(O)cc2)cc1. The van der Waals surface area contributed by atoms with Gasteiger partial charge in [-0.05, 0) is 41.3 Å². The van der Waals surface area contributed by atoms with Crippen molar-refractivity contribution in [3.05, 3.63) is 54.1 Å². The molecule has 116 valence electrons. The minimum Gasteiger partial charge on any atom is -0.508 e. The first kappa shape index (κ1) is 16.1. The van der Waals surface area contributed by atoms with Crippen molar-refractivity contribution in [2.45, 2.75) is 26.7 Å². The van der Waals surface area contributed by atoms with Crippen molar-refractivity contribution in [1.82, 2.24) is 0 Å². The van der Waals surface area contributed by atoms with E-state index in [2.05, 4.69) is 13.8 Å². The van der Waals surface area contributed by atoms with Gasteiger partial charge in [0.2, 0.25) is 0 Å². The number of benzene rings is 2. The Labute approximate surface area is 131 Å². The Bertz CT molecular complexity index is 596. The average molecular weight is 298 g/mol. The Morgan fingerprint density at radius 1 is 0.955 bits per heavy atom. The van der Waals surface area contributed by atoms with Gasteiger partial charge in [0.25, 0.3) is 0 Å². The minimum atomic E-state index is -0.274. The Kier molecular flexibility index (Phi) is 5.59. The highest BCUT2D eigenvalue weighted by molar-refractivity contribution is 5.90. The second-order valence-electron chi connectivity index (χ2n) is 5.41. The Morgan fingerprint density at radius 3 is 1.95 bits per heavy atom. The highest BCUT2D eigenvalue weighted by atomic mass is 16.5. The lowest BCUT2D eigenvalue weighted by Gasteiger charge is -2.12. The summed E-state index contributed by atoms with van der Waals surface area (Å²) in [6.45, 7) is 4.69. The number of hydrogen-bond acceptors (Lipinski definition) is 3. The lowest BCUT2D eigenvalue weighted by molar-refractivity contribution is 0.0433. The fourth-order valence-corrected chi connectivity index (χ4v) is 2.25. The molecule has 0 aliphatic heterocycles. The largest absolute Gasteiger partial charge is 0.508 e. The van der Waals surface area contributed by atoms with Crippen LogP contribution in [0.2, 0.25) is 0 Å². The molecule has 0 amide bonds. The van der Waals surface area contributed by atoms with Crippen molar-refractivity contribution in [3.8, 4) is 16.9 Å². The standard InChI is InChI=1S/C19H22O3/c1-3-14(4-2)13-22-19(21)17-7-5-15(6-8-17)16-9-11-18(20)12-10-16/h5-12,14,20H,3-4,13H2,1-2H3. The van der Waals surface area contributed by atoms with Crippen molar-refractivity contribution in [2.24, 2.45) is 5.92 Å². The number of hydrogen-bond donors (Lipinski definition) is 1. The molecule has 0 bridgehead atoms. The predicted octanol–water partition coefficient (Wildman–Crippen LogP) is 4.65. The fraction of sp³-hybridized carbons (Fsp3) is 0.316. The van der Waals surface area contributed by atoms with Crippen LogP contribution >= 0.6 is 0 Å². The smallest absolute Gasteiger partial charge is 0.338 e. The number of rotatable bonds is 6. The molecule has 0 unspecified atom stereocenters. The van der Waals surface area contributed by atoms with Crippen molar-refractivity contribution in [3.63, 3.8) is 0 Å². The van der Waals surface area contributed by atoms with Crippen LogP contribution in [0.1, 0.15) is 37.0 Å². The zero-order valence-corrected chi connectivity index (χ0v) is 13.1. The van der Waals surface area contributed by atoms with Crippen LogP contribution in [0, 0.1) is 5.92 Å². The molecule has 0 saturated carbocycles. The molecule has 0 heterocycles. The van der Waals surface area contributed by atoms with E-state index in [0.717, 1.165) is 24.0 Å². The zero-order valence-electron chi connectivity index (χ0n) is 13.1. The summed E-state index contributed by atoms with van der Waals surface area (Å²) < 4.78 is 5.36. The first-order chi connectivity index (χ1) is 10.6. The van der Waals surface area contributed by atoms with Gasteiger partial charge in [-0.25, -0.2) is 4.79 Å². The third-order valence-electron chi connectivity index (χ3n) is 3.93. The molecule has 3 nitrogen and oxygen atoms in total. The first-order valence-corrected chi connectivity index (χ1v) is 7.70. The van der Waals surface area contributed by atoms with E-state index in [4.69, 9.17) is 4.74 Å². The zero-order chi connectivity index (χ0) is 15.9. The van der Waals surface area contributed by atoms with E-state index in [0.29, 0.717) is 18.1 Å². The Balaban J connectivity index is 2.02. The van der Waals surface area contributed by atoms with E-state index >= 15 is 0 Å². The highest BCUT2D eigenvalue weighted by Gasteiger charge is 2.11. The van der Waals surface area contributed by atoms with Crippen molar-refractivity contribution in [2.75, 3.05) is 6.61 Å². The monoisotopic (exact) mass is 298 g/mol. The van der Waals surface area contributed by atoms with Gasteiger partial charge < -0.3 is 9.84 Å². The molecule has 3 heteroatoms. The van der Waals surface area contributed by atoms with Gasteiger partial charge in [0.05, 0.1) is 12.2 Å². The lowest BCUT2D eigenvalue weighted by Crippen LogP contribution is -2.13. The van der Waals surface area contributed by atoms with Crippen molar-refractivity contribution >= 4 is 5.97 Å². The van der Waals surface area contributed by atoms with Gasteiger partial charge in [0, 0.05) is 0 Å². The summed E-state index contributed by atoms with van der Waals surface area (Å²) in [7, 11) is 0. The Hall–Kier alpha value is -2.29. The Morgan fingerprint density at radius 2 is 1.45 bits per heavy atom.